The maximum Gasteiger partial charge on any atom is 0.244 e. The quantitative estimate of drug-likeness (QED) is 0.653. The molecule has 156 valence electrons. The average Bonchev–Trinajstić information content (AvgIpc) is 2.77. The van der Waals surface area contributed by atoms with Crippen LogP contribution in [0.4, 0.5) is 5.82 Å². The van der Waals surface area contributed by atoms with Crippen LogP contribution in [0.1, 0.15) is 5.56 Å². The summed E-state index contributed by atoms with van der Waals surface area (Å²) in [7, 11) is -3.50. The molecule has 2 aliphatic rings. The number of halogens is 1. The summed E-state index contributed by atoms with van der Waals surface area (Å²) in [4.78, 5) is 9.33. The van der Waals surface area contributed by atoms with Crippen molar-refractivity contribution in [2.24, 2.45) is 0 Å². The van der Waals surface area contributed by atoms with Gasteiger partial charge in [0.05, 0.1) is 13.2 Å². The van der Waals surface area contributed by atoms with Crippen molar-refractivity contribution in [3.8, 4) is 0 Å². The van der Waals surface area contributed by atoms with Gasteiger partial charge in [-0.05, 0) is 23.8 Å². The minimum absolute atomic E-state index is 0.246. The van der Waals surface area contributed by atoms with Gasteiger partial charge in [-0.2, -0.15) is 4.31 Å². The SMILES string of the molecule is O=S(=O)(c1ccc(N2CCN(Cc3ccccc3Br)CC2)nc1)N1CCOCC1. The van der Waals surface area contributed by atoms with Gasteiger partial charge in [-0.1, -0.05) is 34.1 Å². The Morgan fingerprint density at radius 3 is 2.34 bits per heavy atom. The van der Waals surface area contributed by atoms with Gasteiger partial charge in [-0.15, -0.1) is 0 Å². The Labute approximate surface area is 180 Å². The molecule has 9 heteroatoms. The molecule has 2 fully saturated rings. The second-order valence-electron chi connectivity index (χ2n) is 7.22. The Balaban J connectivity index is 1.36. The summed E-state index contributed by atoms with van der Waals surface area (Å²) in [5.74, 6) is 0.825. The highest BCUT2D eigenvalue weighted by Crippen LogP contribution is 2.22. The zero-order valence-electron chi connectivity index (χ0n) is 16.2. The first-order valence-electron chi connectivity index (χ1n) is 9.79. The summed E-state index contributed by atoms with van der Waals surface area (Å²) in [5, 5.41) is 0. The second-order valence-corrected chi connectivity index (χ2v) is 10.0. The fraction of sp³-hybridized carbons (Fsp3) is 0.450. The lowest BCUT2D eigenvalue weighted by Crippen LogP contribution is -2.46. The maximum absolute atomic E-state index is 12.7. The highest BCUT2D eigenvalue weighted by atomic mass is 79.9. The third-order valence-corrected chi connectivity index (χ3v) is 8.03. The number of aromatic nitrogens is 1. The van der Waals surface area contributed by atoms with E-state index in [1.807, 2.05) is 12.1 Å². The van der Waals surface area contributed by atoms with Gasteiger partial charge >= 0.3 is 0 Å². The Kier molecular flexibility index (Phi) is 6.50. The van der Waals surface area contributed by atoms with E-state index in [4.69, 9.17) is 4.74 Å². The second kappa shape index (κ2) is 9.09. The number of piperazine rings is 1. The lowest BCUT2D eigenvalue weighted by atomic mass is 10.2. The third kappa shape index (κ3) is 4.80. The van der Waals surface area contributed by atoms with E-state index in [9.17, 15) is 8.42 Å². The first-order valence-corrected chi connectivity index (χ1v) is 12.0. The molecule has 0 aliphatic carbocycles. The Hall–Kier alpha value is -1.52. The van der Waals surface area contributed by atoms with Crippen LogP contribution in [-0.4, -0.2) is 75.1 Å². The molecular formula is C20H25BrN4O3S. The molecule has 2 saturated heterocycles. The van der Waals surface area contributed by atoms with Gasteiger partial charge in [0.15, 0.2) is 0 Å². The molecule has 4 rings (SSSR count). The number of morpholine rings is 1. The molecule has 1 aromatic heterocycles. The van der Waals surface area contributed by atoms with Crippen molar-refractivity contribution < 1.29 is 13.2 Å². The number of benzene rings is 1. The Morgan fingerprint density at radius 1 is 0.966 bits per heavy atom. The first-order chi connectivity index (χ1) is 14.0. The zero-order valence-corrected chi connectivity index (χ0v) is 18.6. The Morgan fingerprint density at radius 2 is 1.69 bits per heavy atom. The topological polar surface area (TPSA) is 66.0 Å². The number of nitrogens with zero attached hydrogens (tertiary/aromatic N) is 4. The van der Waals surface area contributed by atoms with E-state index >= 15 is 0 Å². The highest BCUT2D eigenvalue weighted by Gasteiger charge is 2.27. The third-order valence-electron chi connectivity index (χ3n) is 5.38. The number of hydrogen-bond acceptors (Lipinski definition) is 6. The molecule has 1 aromatic carbocycles. The van der Waals surface area contributed by atoms with E-state index in [0.29, 0.717) is 26.3 Å². The number of anilines is 1. The fourth-order valence-corrected chi connectivity index (χ4v) is 5.41. The predicted octanol–water partition coefficient (Wildman–Crippen LogP) is 2.19. The molecule has 7 nitrogen and oxygen atoms in total. The van der Waals surface area contributed by atoms with E-state index in [1.54, 1.807) is 6.07 Å². The van der Waals surface area contributed by atoms with Crippen LogP contribution in [0, 0.1) is 0 Å². The van der Waals surface area contributed by atoms with Gasteiger partial charge in [0.25, 0.3) is 0 Å². The molecule has 0 atom stereocenters. The molecule has 0 N–H and O–H groups in total. The number of sulfonamides is 1. The van der Waals surface area contributed by atoms with Crippen LogP contribution in [0.5, 0.6) is 0 Å². The van der Waals surface area contributed by atoms with E-state index in [1.165, 1.54) is 16.1 Å². The lowest BCUT2D eigenvalue weighted by molar-refractivity contribution is 0.0730. The summed E-state index contributed by atoms with van der Waals surface area (Å²) in [6, 6.07) is 11.8. The zero-order chi connectivity index (χ0) is 20.3. The van der Waals surface area contributed by atoms with Crippen LogP contribution in [0.25, 0.3) is 0 Å². The average molecular weight is 481 g/mol. The molecule has 2 aromatic rings. The van der Waals surface area contributed by atoms with Crippen LogP contribution in [-0.2, 0) is 21.3 Å². The van der Waals surface area contributed by atoms with E-state index < -0.39 is 10.0 Å². The molecule has 0 unspecified atom stereocenters. The van der Waals surface area contributed by atoms with Crippen LogP contribution >= 0.6 is 15.9 Å². The lowest BCUT2D eigenvalue weighted by Gasteiger charge is -2.35. The molecule has 0 saturated carbocycles. The van der Waals surface area contributed by atoms with Gasteiger partial charge in [0, 0.05) is 56.5 Å². The predicted molar refractivity (Wildman–Crippen MR) is 115 cm³/mol. The normalized spacial score (nSPS) is 19.4. The van der Waals surface area contributed by atoms with Crippen molar-refractivity contribution in [1.82, 2.24) is 14.2 Å². The van der Waals surface area contributed by atoms with E-state index in [0.717, 1.165) is 43.0 Å². The summed E-state index contributed by atoms with van der Waals surface area (Å²) in [6.45, 7) is 6.20. The van der Waals surface area contributed by atoms with Crippen molar-refractivity contribution in [2.45, 2.75) is 11.4 Å². The maximum atomic E-state index is 12.7. The summed E-state index contributed by atoms with van der Waals surface area (Å²) >= 11 is 3.62. The largest absolute Gasteiger partial charge is 0.379 e. The standard InChI is InChI=1S/C20H25BrN4O3S/c21-19-4-2-1-3-17(19)16-23-7-9-24(10-8-23)20-6-5-18(15-22-20)29(26,27)25-11-13-28-14-12-25/h1-6,15H,7-14,16H2. The molecule has 2 aliphatic heterocycles. The molecule has 0 bridgehead atoms. The van der Waals surface area contributed by atoms with Gasteiger partial charge in [0.1, 0.15) is 10.7 Å². The molecule has 3 heterocycles. The van der Waals surface area contributed by atoms with Crippen LogP contribution < -0.4 is 4.90 Å². The molecule has 29 heavy (non-hydrogen) atoms. The summed E-state index contributed by atoms with van der Waals surface area (Å²) in [5.41, 5.74) is 1.29. The smallest absolute Gasteiger partial charge is 0.244 e. The van der Waals surface area contributed by atoms with Gasteiger partial charge in [-0.25, -0.2) is 13.4 Å². The van der Waals surface area contributed by atoms with Crippen LogP contribution in [0.3, 0.4) is 0 Å². The minimum Gasteiger partial charge on any atom is -0.379 e. The number of ether oxygens (including phenoxy) is 1. The molecule has 0 spiro atoms. The minimum atomic E-state index is -3.50. The van der Waals surface area contributed by atoms with Crippen molar-refractivity contribution in [2.75, 3.05) is 57.4 Å². The van der Waals surface area contributed by atoms with Crippen molar-refractivity contribution in [3.05, 3.63) is 52.6 Å². The monoisotopic (exact) mass is 480 g/mol. The van der Waals surface area contributed by atoms with Crippen LogP contribution in [0.15, 0.2) is 52.0 Å². The van der Waals surface area contributed by atoms with Crippen LogP contribution in [0.2, 0.25) is 0 Å². The van der Waals surface area contributed by atoms with Crippen molar-refractivity contribution in [3.63, 3.8) is 0 Å². The number of pyridine rings is 1. The molecular weight excluding hydrogens is 456 g/mol. The number of hydrogen-bond donors (Lipinski definition) is 0. The van der Waals surface area contributed by atoms with Crippen molar-refractivity contribution >= 4 is 31.8 Å². The molecule has 0 amide bonds. The van der Waals surface area contributed by atoms with E-state index in [-0.39, 0.29) is 4.90 Å². The van der Waals surface area contributed by atoms with Gasteiger partial charge < -0.3 is 9.64 Å². The highest BCUT2D eigenvalue weighted by molar-refractivity contribution is 9.10. The number of rotatable bonds is 5. The van der Waals surface area contributed by atoms with Gasteiger partial charge in [-0.3, -0.25) is 4.90 Å². The first kappa shape index (κ1) is 20.7. The Bertz CT molecular complexity index is 925. The van der Waals surface area contributed by atoms with Crippen molar-refractivity contribution in [1.29, 1.82) is 0 Å². The summed E-state index contributed by atoms with van der Waals surface area (Å²) in [6.07, 6.45) is 1.48. The summed E-state index contributed by atoms with van der Waals surface area (Å²) < 4.78 is 33.3. The fourth-order valence-electron chi connectivity index (χ4n) is 3.65. The van der Waals surface area contributed by atoms with E-state index in [2.05, 4.69) is 48.9 Å². The van der Waals surface area contributed by atoms with Gasteiger partial charge in [0.2, 0.25) is 10.0 Å². The molecule has 0 radical (unpaired) electrons.